The largest absolute Gasteiger partial charge is 0.378 e. The second-order valence-electron chi connectivity index (χ2n) is 5.14. The molecule has 2 aliphatic rings. The minimum Gasteiger partial charge on any atom is -0.378 e. The Morgan fingerprint density at radius 2 is 2.53 bits per heavy atom. The van der Waals surface area contributed by atoms with E-state index in [1.54, 1.807) is 12.4 Å². The number of nitrogens with one attached hydrogen (secondary N) is 1. The van der Waals surface area contributed by atoms with Crippen LogP contribution in [0.1, 0.15) is 26.2 Å². The van der Waals surface area contributed by atoms with E-state index in [-0.39, 0.29) is 17.7 Å². The Morgan fingerprint density at radius 1 is 1.63 bits per heavy atom. The van der Waals surface area contributed by atoms with Gasteiger partial charge in [-0.3, -0.25) is 4.98 Å². The van der Waals surface area contributed by atoms with Crippen LogP contribution in [0.3, 0.4) is 0 Å². The molecule has 1 aliphatic heterocycles. The maximum Gasteiger partial charge on any atom is 0.114 e. The van der Waals surface area contributed by atoms with Gasteiger partial charge < -0.3 is 14.8 Å². The molecule has 0 bridgehead atoms. The van der Waals surface area contributed by atoms with E-state index >= 15 is 0 Å². The second-order valence-corrected chi connectivity index (χ2v) is 5.55. The lowest BCUT2D eigenvalue weighted by Gasteiger charge is -2.53. The Balaban J connectivity index is 1.74. The predicted octanol–water partition coefficient (Wildman–Crippen LogP) is 2.87. The first kappa shape index (κ1) is 13.2. The van der Waals surface area contributed by atoms with Gasteiger partial charge in [-0.25, -0.2) is 0 Å². The summed E-state index contributed by atoms with van der Waals surface area (Å²) in [6.07, 6.45) is 6.73. The Hall–Kier alpha value is -0.840. The zero-order chi connectivity index (χ0) is 13.3. The van der Waals surface area contributed by atoms with Crippen molar-refractivity contribution in [3.8, 4) is 0 Å². The van der Waals surface area contributed by atoms with Gasteiger partial charge in [0.05, 0.1) is 22.9 Å². The van der Waals surface area contributed by atoms with Crippen molar-refractivity contribution in [3.63, 3.8) is 0 Å². The van der Waals surface area contributed by atoms with E-state index in [1.165, 1.54) is 0 Å². The van der Waals surface area contributed by atoms with Crippen molar-refractivity contribution in [1.82, 2.24) is 4.98 Å². The van der Waals surface area contributed by atoms with E-state index in [0.29, 0.717) is 5.02 Å². The topological polar surface area (TPSA) is 43.4 Å². The summed E-state index contributed by atoms with van der Waals surface area (Å²) in [6.45, 7) is 3.59. The Labute approximate surface area is 118 Å². The second kappa shape index (κ2) is 5.27. The molecule has 1 saturated heterocycles. The fourth-order valence-electron chi connectivity index (χ4n) is 3.16. The molecule has 1 saturated carbocycles. The van der Waals surface area contributed by atoms with E-state index in [0.717, 1.165) is 38.2 Å². The van der Waals surface area contributed by atoms with E-state index in [9.17, 15) is 0 Å². The average Bonchev–Trinajstić information content (AvgIpc) is 2.92. The molecule has 0 amide bonds. The molecule has 5 heteroatoms. The van der Waals surface area contributed by atoms with Gasteiger partial charge in [-0.2, -0.15) is 0 Å². The fourth-order valence-corrected chi connectivity index (χ4v) is 3.33. The lowest BCUT2D eigenvalue weighted by Crippen LogP contribution is -2.66. The Kier molecular flexibility index (Phi) is 3.65. The number of hydrogen-bond acceptors (Lipinski definition) is 4. The predicted molar refractivity (Wildman–Crippen MR) is 74.6 cm³/mol. The number of hydrogen-bond donors (Lipinski definition) is 1. The fraction of sp³-hybridized carbons (Fsp3) is 0.643. The lowest BCUT2D eigenvalue weighted by molar-refractivity contribution is -0.184. The van der Waals surface area contributed by atoms with E-state index in [2.05, 4.69) is 10.3 Å². The monoisotopic (exact) mass is 282 g/mol. The normalized spacial score (nSPS) is 33.4. The molecule has 3 rings (SSSR count). The number of rotatable bonds is 4. The molecule has 2 fully saturated rings. The van der Waals surface area contributed by atoms with Gasteiger partial charge in [0.1, 0.15) is 5.60 Å². The van der Waals surface area contributed by atoms with E-state index in [4.69, 9.17) is 21.1 Å². The number of halogens is 1. The first-order valence-electron chi connectivity index (χ1n) is 6.88. The minimum absolute atomic E-state index is 0.164. The van der Waals surface area contributed by atoms with Crippen LogP contribution in [0.2, 0.25) is 5.02 Å². The van der Waals surface area contributed by atoms with Gasteiger partial charge >= 0.3 is 0 Å². The van der Waals surface area contributed by atoms with Gasteiger partial charge in [0.15, 0.2) is 0 Å². The van der Waals surface area contributed by atoms with Crippen molar-refractivity contribution in [2.24, 2.45) is 0 Å². The number of pyridine rings is 1. The maximum absolute atomic E-state index is 6.14. The third-order valence-electron chi connectivity index (χ3n) is 4.14. The van der Waals surface area contributed by atoms with Crippen molar-refractivity contribution in [3.05, 3.63) is 23.5 Å². The maximum atomic E-state index is 6.14. The van der Waals surface area contributed by atoms with Gasteiger partial charge in [-0.05, 0) is 32.3 Å². The molecule has 1 N–H and O–H groups in total. The highest BCUT2D eigenvalue weighted by atomic mass is 35.5. The molecule has 1 spiro atoms. The van der Waals surface area contributed by atoms with Crippen molar-refractivity contribution in [2.75, 3.05) is 18.5 Å². The van der Waals surface area contributed by atoms with Gasteiger partial charge in [0.2, 0.25) is 0 Å². The molecule has 3 atom stereocenters. The highest BCUT2D eigenvalue weighted by Gasteiger charge is 2.58. The summed E-state index contributed by atoms with van der Waals surface area (Å²) in [5.74, 6) is 0. The van der Waals surface area contributed by atoms with Crippen LogP contribution < -0.4 is 5.32 Å². The lowest BCUT2D eigenvalue weighted by atomic mass is 9.70. The number of aromatic nitrogens is 1. The molecule has 2 heterocycles. The first-order valence-corrected chi connectivity index (χ1v) is 7.25. The van der Waals surface area contributed by atoms with Crippen LogP contribution in [0.4, 0.5) is 5.69 Å². The smallest absolute Gasteiger partial charge is 0.114 e. The molecule has 0 unspecified atom stereocenters. The van der Waals surface area contributed by atoms with Crippen LogP contribution in [0, 0.1) is 0 Å². The molecule has 4 nitrogen and oxygen atoms in total. The highest BCUT2D eigenvalue weighted by molar-refractivity contribution is 6.33. The van der Waals surface area contributed by atoms with Gasteiger partial charge in [-0.1, -0.05) is 11.6 Å². The summed E-state index contributed by atoms with van der Waals surface area (Å²) in [6, 6.07) is 2.17. The van der Waals surface area contributed by atoms with Gasteiger partial charge in [-0.15, -0.1) is 0 Å². The molecule has 0 radical (unpaired) electrons. The standard InChI is InChI=1S/C14H19ClN2O2/c1-2-18-13-8-12(14(13)5-3-7-19-14)17-11-4-6-16-9-10(11)15/h4,6,9,12-13H,2-3,5,7-8H2,1H3,(H,16,17)/t12-,13-,14-/m1/s1. The average molecular weight is 283 g/mol. The molecule has 19 heavy (non-hydrogen) atoms. The van der Waals surface area contributed by atoms with E-state index < -0.39 is 0 Å². The molecule has 1 aromatic heterocycles. The number of nitrogens with zero attached hydrogens (tertiary/aromatic N) is 1. The third-order valence-corrected chi connectivity index (χ3v) is 4.44. The van der Waals surface area contributed by atoms with Crippen LogP contribution in [-0.4, -0.2) is 35.9 Å². The zero-order valence-corrected chi connectivity index (χ0v) is 11.8. The molecular weight excluding hydrogens is 264 g/mol. The molecular formula is C14H19ClN2O2. The van der Waals surface area contributed by atoms with Crippen LogP contribution in [0.5, 0.6) is 0 Å². The van der Waals surface area contributed by atoms with Gasteiger partial charge in [0, 0.05) is 25.6 Å². The molecule has 1 aromatic rings. The summed E-state index contributed by atoms with van der Waals surface area (Å²) in [4.78, 5) is 4.00. The van der Waals surface area contributed by atoms with Crippen LogP contribution >= 0.6 is 11.6 Å². The quantitative estimate of drug-likeness (QED) is 0.922. The number of ether oxygens (including phenoxy) is 2. The van der Waals surface area contributed by atoms with Crippen molar-refractivity contribution in [2.45, 2.75) is 43.9 Å². The summed E-state index contributed by atoms with van der Waals surface area (Å²) in [5.41, 5.74) is 0.759. The molecule has 104 valence electrons. The van der Waals surface area contributed by atoms with Crippen molar-refractivity contribution >= 4 is 17.3 Å². The Morgan fingerprint density at radius 3 is 3.21 bits per heavy atom. The minimum atomic E-state index is -0.164. The molecule has 0 aromatic carbocycles. The first-order chi connectivity index (χ1) is 9.26. The van der Waals surface area contributed by atoms with Crippen LogP contribution in [-0.2, 0) is 9.47 Å². The van der Waals surface area contributed by atoms with Crippen LogP contribution in [0.25, 0.3) is 0 Å². The van der Waals surface area contributed by atoms with Crippen molar-refractivity contribution < 1.29 is 9.47 Å². The van der Waals surface area contributed by atoms with E-state index in [1.807, 2.05) is 13.0 Å². The van der Waals surface area contributed by atoms with Crippen LogP contribution in [0.15, 0.2) is 18.5 Å². The Bertz CT molecular complexity index is 449. The molecule has 1 aliphatic carbocycles. The summed E-state index contributed by atoms with van der Waals surface area (Å²) in [7, 11) is 0. The van der Waals surface area contributed by atoms with Crippen molar-refractivity contribution in [1.29, 1.82) is 0 Å². The summed E-state index contributed by atoms with van der Waals surface area (Å²) in [5, 5.41) is 4.14. The summed E-state index contributed by atoms with van der Waals surface area (Å²) < 4.78 is 11.8. The third kappa shape index (κ3) is 2.22. The highest BCUT2D eigenvalue weighted by Crippen LogP contribution is 2.47. The van der Waals surface area contributed by atoms with Gasteiger partial charge in [0.25, 0.3) is 0 Å². The number of anilines is 1. The zero-order valence-electron chi connectivity index (χ0n) is 11.1. The summed E-state index contributed by atoms with van der Waals surface area (Å²) >= 11 is 6.14. The SMILES string of the molecule is CCO[C@@H]1C[C@@H](Nc2ccncc2Cl)[C@]12CCCO2.